The molecular formula is C8H10ClN3. The van der Waals surface area contributed by atoms with E-state index in [2.05, 4.69) is 4.98 Å². The van der Waals surface area contributed by atoms with Crippen molar-refractivity contribution in [2.75, 3.05) is 0 Å². The molecule has 2 rings (SSSR count). The van der Waals surface area contributed by atoms with Gasteiger partial charge in [-0.2, -0.15) is 0 Å². The zero-order chi connectivity index (χ0) is 7.68. The van der Waals surface area contributed by atoms with Crippen molar-refractivity contribution in [1.29, 1.82) is 0 Å². The van der Waals surface area contributed by atoms with E-state index in [9.17, 15) is 0 Å². The first-order valence-electron chi connectivity index (χ1n) is 3.52. The van der Waals surface area contributed by atoms with Crippen LogP contribution in [-0.2, 0) is 6.54 Å². The number of imidazole rings is 1. The first-order chi connectivity index (χ1) is 5.40. The number of hydrogen-bond donors (Lipinski definition) is 1. The summed E-state index contributed by atoms with van der Waals surface area (Å²) < 4.78 is 1.96. The summed E-state index contributed by atoms with van der Waals surface area (Å²) in [6.45, 7) is 0.573. The van der Waals surface area contributed by atoms with E-state index in [-0.39, 0.29) is 12.4 Å². The fraction of sp³-hybridized carbons (Fsp3) is 0.125. The Morgan fingerprint density at radius 1 is 1.42 bits per heavy atom. The lowest BCUT2D eigenvalue weighted by Gasteiger charge is -1.96. The van der Waals surface area contributed by atoms with Gasteiger partial charge in [-0.25, -0.2) is 4.98 Å². The Morgan fingerprint density at radius 2 is 2.25 bits per heavy atom. The highest BCUT2D eigenvalue weighted by Crippen LogP contribution is 2.03. The quantitative estimate of drug-likeness (QED) is 0.723. The summed E-state index contributed by atoms with van der Waals surface area (Å²) in [5.41, 5.74) is 7.54. The zero-order valence-corrected chi connectivity index (χ0v) is 7.29. The maximum Gasteiger partial charge on any atom is 0.136 e. The monoisotopic (exact) mass is 183 g/mol. The predicted octanol–water partition coefficient (Wildman–Crippen LogP) is 1.21. The highest BCUT2D eigenvalue weighted by Gasteiger charge is 1.93. The van der Waals surface area contributed by atoms with Crippen LogP contribution in [0.25, 0.3) is 5.65 Å². The molecule has 2 aromatic heterocycles. The van der Waals surface area contributed by atoms with Crippen molar-refractivity contribution >= 4 is 18.1 Å². The molecule has 2 aromatic rings. The Balaban J connectivity index is 0.000000720. The molecule has 0 amide bonds. The van der Waals surface area contributed by atoms with Gasteiger partial charge in [0.1, 0.15) is 5.65 Å². The average molecular weight is 184 g/mol. The number of nitrogens with zero attached hydrogens (tertiary/aromatic N) is 2. The smallest absolute Gasteiger partial charge is 0.136 e. The third kappa shape index (κ3) is 1.42. The van der Waals surface area contributed by atoms with E-state index < -0.39 is 0 Å². The van der Waals surface area contributed by atoms with Gasteiger partial charge in [0.15, 0.2) is 0 Å². The summed E-state index contributed by atoms with van der Waals surface area (Å²) in [4.78, 5) is 4.13. The van der Waals surface area contributed by atoms with Crippen LogP contribution in [0.3, 0.4) is 0 Å². The molecule has 2 heterocycles. The van der Waals surface area contributed by atoms with E-state index >= 15 is 0 Å². The lowest BCUT2D eigenvalue weighted by Crippen LogP contribution is -1.96. The van der Waals surface area contributed by atoms with Crippen LogP contribution in [0.2, 0.25) is 0 Å². The molecule has 0 spiro atoms. The highest BCUT2D eigenvalue weighted by molar-refractivity contribution is 5.85. The Hall–Kier alpha value is -1.06. The summed E-state index contributed by atoms with van der Waals surface area (Å²) in [5.74, 6) is 0. The lowest BCUT2D eigenvalue weighted by atomic mass is 10.3. The molecule has 0 aliphatic rings. The lowest BCUT2D eigenvalue weighted by molar-refractivity contribution is 1.05. The summed E-state index contributed by atoms with van der Waals surface area (Å²) >= 11 is 0. The summed E-state index contributed by atoms with van der Waals surface area (Å²) in [7, 11) is 0. The molecule has 0 fully saturated rings. The van der Waals surface area contributed by atoms with Crippen molar-refractivity contribution in [3.8, 4) is 0 Å². The summed E-state index contributed by atoms with van der Waals surface area (Å²) in [6.07, 6.45) is 5.65. The van der Waals surface area contributed by atoms with Gasteiger partial charge in [-0.1, -0.05) is 0 Å². The van der Waals surface area contributed by atoms with Crippen molar-refractivity contribution in [2.24, 2.45) is 5.73 Å². The Bertz CT molecular complexity index is 369. The summed E-state index contributed by atoms with van der Waals surface area (Å²) in [6, 6.07) is 3.98. The van der Waals surface area contributed by atoms with E-state index in [4.69, 9.17) is 5.73 Å². The number of pyridine rings is 1. The second-order valence-electron chi connectivity index (χ2n) is 2.43. The fourth-order valence-electron chi connectivity index (χ4n) is 1.08. The molecule has 2 N–H and O–H groups in total. The molecule has 0 saturated heterocycles. The van der Waals surface area contributed by atoms with Gasteiger partial charge in [0.2, 0.25) is 0 Å². The van der Waals surface area contributed by atoms with Gasteiger partial charge in [0, 0.05) is 25.1 Å². The molecule has 0 saturated carbocycles. The second-order valence-corrected chi connectivity index (χ2v) is 2.43. The molecule has 0 aromatic carbocycles. The van der Waals surface area contributed by atoms with Gasteiger partial charge in [-0.15, -0.1) is 12.4 Å². The molecule has 3 nitrogen and oxygen atoms in total. The van der Waals surface area contributed by atoms with Crippen LogP contribution in [0, 0.1) is 0 Å². The van der Waals surface area contributed by atoms with E-state index in [0.29, 0.717) is 6.54 Å². The molecule has 0 radical (unpaired) electrons. The van der Waals surface area contributed by atoms with Gasteiger partial charge < -0.3 is 10.1 Å². The number of aromatic nitrogens is 2. The van der Waals surface area contributed by atoms with Crippen molar-refractivity contribution in [2.45, 2.75) is 6.54 Å². The highest BCUT2D eigenvalue weighted by atomic mass is 35.5. The standard InChI is InChI=1S/C8H9N3.ClH/c9-6-7-1-3-11-4-2-10-8(11)5-7;/h1-5H,6,9H2;1H. The van der Waals surface area contributed by atoms with Crippen LogP contribution in [0.1, 0.15) is 5.56 Å². The van der Waals surface area contributed by atoms with E-state index in [1.54, 1.807) is 6.20 Å². The van der Waals surface area contributed by atoms with Gasteiger partial charge in [-0.05, 0) is 17.7 Å². The van der Waals surface area contributed by atoms with E-state index in [0.717, 1.165) is 11.2 Å². The maximum atomic E-state index is 5.47. The van der Waals surface area contributed by atoms with Gasteiger partial charge >= 0.3 is 0 Å². The molecule has 0 unspecified atom stereocenters. The number of hydrogen-bond acceptors (Lipinski definition) is 2. The number of nitrogens with two attached hydrogens (primary N) is 1. The van der Waals surface area contributed by atoms with Gasteiger partial charge in [0.25, 0.3) is 0 Å². The minimum Gasteiger partial charge on any atom is -0.326 e. The van der Waals surface area contributed by atoms with Crippen molar-refractivity contribution in [3.05, 3.63) is 36.3 Å². The minimum absolute atomic E-state index is 0. The Morgan fingerprint density at radius 3 is 3.00 bits per heavy atom. The van der Waals surface area contributed by atoms with E-state index in [1.807, 2.05) is 28.9 Å². The molecule has 0 bridgehead atoms. The first-order valence-corrected chi connectivity index (χ1v) is 3.52. The molecule has 0 aliphatic carbocycles. The SMILES string of the molecule is Cl.NCc1ccn2ccnc2c1. The molecule has 64 valence electrons. The largest absolute Gasteiger partial charge is 0.326 e. The first kappa shape index (κ1) is 9.03. The van der Waals surface area contributed by atoms with Crippen LogP contribution >= 0.6 is 12.4 Å². The van der Waals surface area contributed by atoms with Gasteiger partial charge in [0.05, 0.1) is 0 Å². The molecule has 0 atom stereocenters. The Labute approximate surface area is 76.6 Å². The van der Waals surface area contributed by atoms with Crippen molar-refractivity contribution in [3.63, 3.8) is 0 Å². The Kier molecular flexibility index (Phi) is 2.68. The molecular weight excluding hydrogens is 174 g/mol. The number of halogens is 1. The zero-order valence-electron chi connectivity index (χ0n) is 6.47. The maximum absolute atomic E-state index is 5.47. The third-order valence-corrected chi connectivity index (χ3v) is 1.70. The topological polar surface area (TPSA) is 43.3 Å². The predicted molar refractivity (Wildman–Crippen MR) is 50.3 cm³/mol. The third-order valence-electron chi connectivity index (χ3n) is 1.70. The van der Waals surface area contributed by atoms with Crippen molar-refractivity contribution < 1.29 is 0 Å². The van der Waals surface area contributed by atoms with Crippen LogP contribution in [0.5, 0.6) is 0 Å². The second kappa shape index (κ2) is 3.56. The van der Waals surface area contributed by atoms with E-state index in [1.165, 1.54) is 0 Å². The van der Waals surface area contributed by atoms with Crippen LogP contribution in [-0.4, -0.2) is 9.38 Å². The van der Waals surface area contributed by atoms with Crippen LogP contribution < -0.4 is 5.73 Å². The van der Waals surface area contributed by atoms with Crippen LogP contribution in [0.4, 0.5) is 0 Å². The molecule has 0 aliphatic heterocycles. The minimum atomic E-state index is 0. The molecule has 4 heteroatoms. The number of rotatable bonds is 1. The normalized spacial score (nSPS) is 9.75. The van der Waals surface area contributed by atoms with Crippen molar-refractivity contribution in [1.82, 2.24) is 9.38 Å². The van der Waals surface area contributed by atoms with Gasteiger partial charge in [-0.3, -0.25) is 0 Å². The molecule has 12 heavy (non-hydrogen) atoms. The van der Waals surface area contributed by atoms with Crippen LogP contribution in [0.15, 0.2) is 30.7 Å². The average Bonchev–Trinajstić information content (AvgIpc) is 2.50. The summed E-state index contributed by atoms with van der Waals surface area (Å²) in [5, 5.41) is 0. The number of fused-ring (bicyclic) bond motifs is 1. The fourth-order valence-corrected chi connectivity index (χ4v) is 1.08.